The summed E-state index contributed by atoms with van der Waals surface area (Å²) in [6.45, 7) is 4.25. The first-order valence-corrected chi connectivity index (χ1v) is 7.18. The van der Waals surface area contributed by atoms with E-state index in [4.69, 9.17) is 16.3 Å². The van der Waals surface area contributed by atoms with Crippen LogP contribution in [-0.2, 0) is 0 Å². The van der Waals surface area contributed by atoms with Gasteiger partial charge in [-0.1, -0.05) is 30.7 Å². The van der Waals surface area contributed by atoms with Crippen LogP contribution < -0.4 is 10.1 Å². The van der Waals surface area contributed by atoms with Crippen LogP contribution in [0.3, 0.4) is 0 Å². The summed E-state index contributed by atoms with van der Waals surface area (Å²) in [5, 5.41) is 4.35. The maximum Gasteiger partial charge on any atom is 0.119 e. The van der Waals surface area contributed by atoms with E-state index in [-0.39, 0.29) is 6.04 Å². The van der Waals surface area contributed by atoms with Crippen molar-refractivity contribution in [1.82, 2.24) is 0 Å². The predicted octanol–water partition coefficient (Wildman–Crippen LogP) is 5.22. The minimum atomic E-state index is 0.277. The number of benzene rings is 2. The van der Waals surface area contributed by atoms with Crippen molar-refractivity contribution in [2.24, 2.45) is 0 Å². The molecule has 20 heavy (non-hydrogen) atoms. The smallest absolute Gasteiger partial charge is 0.119 e. The van der Waals surface area contributed by atoms with Gasteiger partial charge in [-0.15, -0.1) is 0 Å². The van der Waals surface area contributed by atoms with Gasteiger partial charge in [0.2, 0.25) is 0 Å². The van der Waals surface area contributed by atoms with E-state index in [1.54, 1.807) is 7.11 Å². The fraction of sp³-hybridized carbons (Fsp3) is 0.294. The quantitative estimate of drug-likeness (QED) is 0.815. The zero-order chi connectivity index (χ0) is 14.5. The third-order valence-corrected chi connectivity index (χ3v) is 3.70. The lowest BCUT2D eigenvalue weighted by atomic mass is 10.0. The van der Waals surface area contributed by atoms with E-state index in [1.807, 2.05) is 24.3 Å². The van der Waals surface area contributed by atoms with E-state index < -0.39 is 0 Å². The van der Waals surface area contributed by atoms with E-state index in [1.165, 1.54) is 11.1 Å². The summed E-state index contributed by atoms with van der Waals surface area (Å²) in [6, 6.07) is 14.4. The van der Waals surface area contributed by atoms with Gasteiger partial charge < -0.3 is 10.1 Å². The first-order valence-electron chi connectivity index (χ1n) is 6.80. The number of nitrogens with one attached hydrogen (secondary N) is 1. The Morgan fingerprint density at radius 2 is 1.85 bits per heavy atom. The van der Waals surface area contributed by atoms with Crippen LogP contribution >= 0.6 is 11.6 Å². The number of hydrogen-bond acceptors (Lipinski definition) is 2. The fourth-order valence-corrected chi connectivity index (χ4v) is 2.35. The zero-order valence-electron chi connectivity index (χ0n) is 12.1. The van der Waals surface area contributed by atoms with Gasteiger partial charge >= 0.3 is 0 Å². The van der Waals surface area contributed by atoms with Crippen molar-refractivity contribution >= 4 is 17.3 Å². The Morgan fingerprint density at radius 3 is 2.40 bits per heavy atom. The Kier molecular flexibility index (Phi) is 4.91. The number of hydrogen-bond donors (Lipinski definition) is 1. The average molecular weight is 290 g/mol. The van der Waals surface area contributed by atoms with Gasteiger partial charge in [-0.2, -0.15) is 0 Å². The number of anilines is 1. The van der Waals surface area contributed by atoms with Crippen molar-refractivity contribution in [3.63, 3.8) is 0 Å². The Bertz CT molecular complexity index is 566. The van der Waals surface area contributed by atoms with Crippen molar-refractivity contribution < 1.29 is 4.74 Å². The topological polar surface area (TPSA) is 21.3 Å². The second kappa shape index (κ2) is 6.67. The van der Waals surface area contributed by atoms with Gasteiger partial charge in [0.05, 0.1) is 13.2 Å². The van der Waals surface area contributed by atoms with Crippen LogP contribution in [0.5, 0.6) is 5.75 Å². The molecular weight excluding hydrogens is 270 g/mol. The number of aryl methyl sites for hydroxylation is 1. The lowest BCUT2D eigenvalue weighted by molar-refractivity contribution is 0.414. The van der Waals surface area contributed by atoms with Gasteiger partial charge in [0, 0.05) is 10.7 Å². The minimum Gasteiger partial charge on any atom is -0.497 e. The maximum atomic E-state index is 5.94. The molecule has 0 amide bonds. The lowest BCUT2D eigenvalue weighted by Crippen LogP contribution is -2.10. The average Bonchev–Trinajstić information content (AvgIpc) is 2.47. The molecule has 0 spiro atoms. The van der Waals surface area contributed by atoms with Crippen molar-refractivity contribution in [2.45, 2.75) is 26.3 Å². The zero-order valence-corrected chi connectivity index (χ0v) is 12.9. The molecule has 2 nitrogen and oxygen atoms in total. The number of methoxy groups -OCH3 is 1. The molecule has 0 aliphatic carbocycles. The SMILES string of the molecule is CCC(Nc1ccc(OC)cc1C)c1ccc(Cl)cc1. The second-order valence-corrected chi connectivity index (χ2v) is 5.27. The first kappa shape index (κ1) is 14.7. The van der Waals surface area contributed by atoms with Gasteiger partial charge in [-0.25, -0.2) is 0 Å². The third-order valence-electron chi connectivity index (χ3n) is 3.44. The highest BCUT2D eigenvalue weighted by Gasteiger charge is 2.10. The molecule has 1 atom stereocenters. The van der Waals surface area contributed by atoms with Crippen LogP contribution in [0.1, 0.15) is 30.5 Å². The second-order valence-electron chi connectivity index (χ2n) is 4.84. The van der Waals surface area contributed by atoms with Gasteiger partial charge in [-0.3, -0.25) is 0 Å². The molecule has 0 aliphatic rings. The molecule has 0 saturated heterocycles. The van der Waals surface area contributed by atoms with E-state index in [0.717, 1.165) is 22.9 Å². The molecule has 0 heterocycles. The lowest BCUT2D eigenvalue weighted by Gasteiger charge is -2.20. The monoisotopic (exact) mass is 289 g/mol. The van der Waals surface area contributed by atoms with E-state index in [0.29, 0.717) is 0 Å². The van der Waals surface area contributed by atoms with Crippen LogP contribution in [0.4, 0.5) is 5.69 Å². The summed E-state index contributed by atoms with van der Waals surface area (Å²) >= 11 is 5.94. The number of halogens is 1. The highest BCUT2D eigenvalue weighted by atomic mass is 35.5. The van der Waals surface area contributed by atoms with Crippen LogP contribution in [0.25, 0.3) is 0 Å². The van der Waals surface area contributed by atoms with E-state index in [9.17, 15) is 0 Å². The molecule has 2 rings (SSSR count). The molecule has 3 heteroatoms. The molecular formula is C17H20ClNO. The van der Waals surface area contributed by atoms with Crippen molar-refractivity contribution in [3.05, 3.63) is 58.6 Å². The van der Waals surface area contributed by atoms with Crippen LogP contribution in [0.2, 0.25) is 5.02 Å². The summed E-state index contributed by atoms with van der Waals surface area (Å²) in [4.78, 5) is 0. The fourth-order valence-electron chi connectivity index (χ4n) is 2.23. The van der Waals surface area contributed by atoms with Crippen LogP contribution in [0.15, 0.2) is 42.5 Å². The van der Waals surface area contributed by atoms with Crippen LogP contribution in [0, 0.1) is 6.92 Å². The highest BCUT2D eigenvalue weighted by Crippen LogP contribution is 2.27. The molecule has 0 bridgehead atoms. The van der Waals surface area contributed by atoms with Crippen LogP contribution in [-0.4, -0.2) is 7.11 Å². The van der Waals surface area contributed by atoms with Crippen molar-refractivity contribution in [2.75, 3.05) is 12.4 Å². The number of ether oxygens (including phenoxy) is 1. The Morgan fingerprint density at radius 1 is 1.15 bits per heavy atom. The maximum absolute atomic E-state index is 5.94. The van der Waals surface area contributed by atoms with Gasteiger partial charge in [-0.05, 0) is 54.8 Å². The molecule has 0 aromatic heterocycles. The predicted molar refractivity (Wildman–Crippen MR) is 85.8 cm³/mol. The molecule has 0 fully saturated rings. The largest absolute Gasteiger partial charge is 0.497 e. The molecule has 2 aromatic rings. The highest BCUT2D eigenvalue weighted by molar-refractivity contribution is 6.30. The third kappa shape index (κ3) is 3.45. The molecule has 1 N–H and O–H groups in total. The molecule has 106 valence electrons. The molecule has 0 radical (unpaired) electrons. The number of rotatable bonds is 5. The summed E-state index contributed by atoms with van der Waals surface area (Å²) in [5.41, 5.74) is 3.55. The van der Waals surface area contributed by atoms with Gasteiger partial charge in [0.1, 0.15) is 5.75 Å². The van der Waals surface area contributed by atoms with Gasteiger partial charge in [0.15, 0.2) is 0 Å². The van der Waals surface area contributed by atoms with E-state index in [2.05, 4.69) is 37.4 Å². The summed E-state index contributed by atoms with van der Waals surface area (Å²) in [5.74, 6) is 0.882. The standard InChI is InChI=1S/C17H20ClNO/c1-4-16(13-5-7-14(18)8-6-13)19-17-10-9-15(20-3)11-12(17)2/h5-11,16,19H,4H2,1-3H3. The van der Waals surface area contributed by atoms with Crippen molar-refractivity contribution in [3.8, 4) is 5.75 Å². The Balaban J connectivity index is 2.20. The first-order chi connectivity index (χ1) is 9.63. The Hall–Kier alpha value is -1.67. The molecule has 0 aliphatic heterocycles. The summed E-state index contributed by atoms with van der Waals surface area (Å²) in [7, 11) is 1.68. The normalized spacial score (nSPS) is 12.0. The summed E-state index contributed by atoms with van der Waals surface area (Å²) < 4.78 is 5.24. The molecule has 1 unspecified atom stereocenters. The van der Waals surface area contributed by atoms with E-state index >= 15 is 0 Å². The summed E-state index contributed by atoms with van der Waals surface area (Å²) in [6.07, 6.45) is 1.01. The molecule has 2 aromatic carbocycles. The molecule has 0 saturated carbocycles. The van der Waals surface area contributed by atoms with Gasteiger partial charge in [0.25, 0.3) is 0 Å². The van der Waals surface area contributed by atoms with Crippen molar-refractivity contribution in [1.29, 1.82) is 0 Å². The minimum absolute atomic E-state index is 0.277. The Labute approximate surface area is 125 Å².